The van der Waals surface area contributed by atoms with E-state index in [-0.39, 0.29) is 18.4 Å². The van der Waals surface area contributed by atoms with Crippen LogP contribution in [0.2, 0.25) is 0 Å². The second-order valence-corrected chi connectivity index (χ2v) is 8.13. The van der Waals surface area contributed by atoms with Crippen molar-refractivity contribution in [2.24, 2.45) is 5.92 Å². The summed E-state index contributed by atoms with van der Waals surface area (Å²) in [5, 5.41) is 0. The predicted molar refractivity (Wildman–Crippen MR) is 110 cm³/mol. The molecule has 4 nitrogen and oxygen atoms in total. The number of esters is 2. The van der Waals surface area contributed by atoms with E-state index in [1.54, 1.807) is 27.7 Å². The first kappa shape index (κ1) is 21.7. The molecule has 0 aromatic heterocycles. The Morgan fingerprint density at radius 2 is 1.32 bits per heavy atom. The lowest BCUT2D eigenvalue weighted by atomic mass is 9.87. The Kier molecular flexibility index (Phi) is 7.38. The molecule has 0 heterocycles. The zero-order valence-corrected chi connectivity index (χ0v) is 17.3. The monoisotopic (exact) mass is 382 g/mol. The highest BCUT2D eigenvalue weighted by Gasteiger charge is 2.28. The summed E-state index contributed by atoms with van der Waals surface area (Å²) in [6.45, 7) is 9.00. The van der Waals surface area contributed by atoms with E-state index < -0.39 is 23.5 Å². The Bertz CT molecular complexity index is 723. The van der Waals surface area contributed by atoms with Crippen molar-refractivity contribution in [2.75, 3.05) is 0 Å². The summed E-state index contributed by atoms with van der Waals surface area (Å²) in [6.07, 6.45) is -0.372. The molecule has 0 spiro atoms. The molecule has 0 saturated carbocycles. The molecule has 0 aliphatic heterocycles. The number of carbonyl (C=O) groups is 2. The van der Waals surface area contributed by atoms with Crippen LogP contribution in [-0.4, -0.2) is 23.6 Å². The van der Waals surface area contributed by atoms with Gasteiger partial charge in [0.05, 0.1) is 12.3 Å². The van der Waals surface area contributed by atoms with Crippen LogP contribution in [0.15, 0.2) is 60.7 Å². The van der Waals surface area contributed by atoms with Crippen LogP contribution >= 0.6 is 0 Å². The highest BCUT2D eigenvalue weighted by molar-refractivity contribution is 5.80. The van der Waals surface area contributed by atoms with E-state index in [0.29, 0.717) is 0 Å². The maximum absolute atomic E-state index is 12.6. The number of hydrogen-bond donors (Lipinski definition) is 0. The minimum atomic E-state index is -0.570. The summed E-state index contributed by atoms with van der Waals surface area (Å²) < 4.78 is 11.1. The van der Waals surface area contributed by atoms with Crippen molar-refractivity contribution < 1.29 is 19.1 Å². The molecule has 0 aliphatic rings. The third-order valence-corrected chi connectivity index (χ3v) is 4.38. The lowest BCUT2D eigenvalue weighted by molar-refractivity contribution is -0.163. The van der Waals surface area contributed by atoms with Crippen LogP contribution < -0.4 is 0 Å². The molecular formula is C24H30O4. The van der Waals surface area contributed by atoms with Gasteiger partial charge in [0.1, 0.15) is 11.7 Å². The Balaban J connectivity index is 2.09. The molecule has 0 amide bonds. The first-order valence-corrected chi connectivity index (χ1v) is 9.69. The molecule has 2 rings (SSSR count). The summed E-state index contributed by atoms with van der Waals surface area (Å²) >= 11 is 0. The van der Waals surface area contributed by atoms with Gasteiger partial charge in [-0.3, -0.25) is 9.59 Å². The van der Waals surface area contributed by atoms with Gasteiger partial charge in [-0.15, -0.1) is 0 Å². The molecule has 0 bridgehead atoms. The molecule has 0 saturated heterocycles. The molecule has 0 N–H and O–H groups in total. The summed E-state index contributed by atoms with van der Waals surface area (Å²) in [7, 11) is 0. The van der Waals surface area contributed by atoms with E-state index in [1.165, 1.54) is 0 Å². The van der Waals surface area contributed by atoms with Gasteiger partial charge in [0.2, 0.25) is 0 Å². The zero-order chi connectivity index (χ0) is 20.7. The van der Waals surface area contributed by atoms with Gasteiger partial charge < -0.3 is 9.47 Å². The van der Waals surface area contributed by atoms with Crippen molar-refractivity contribution in [3.8, 4) is 0 Å². The van der Waals surface area contributed by atoms with Gasteiger partial charge >= 0.3 is 11.9 Å². The maximum atomic E-state index is 12.6. The SMILES string of the molecule is C[C@H](CC(=O)OC(C)(C)C)C(=O)O[C@@H](C)C(c1ccccc1)c1ccccc1. The van der Waals surface area contributed by atoms with Crippen LogP contribution in [-0.2, 0) is 19.1 Å². The molecule has 0 fully saturated rings. The number of carbonyl (C=O) groups excluding carboxylic acids is 2. The minimum absolute atomic E-state index is 0.00413. The Morgan fingerprint density at radius 3 is 1.75 bits per heavy atom. The fourth-order valence-corrected chi connectivity index (χ4v) is 3.14. The van der Waals surface area contributed by atoms with E-state index in [1.807, 2.05) is 67.6 Å². The van der Waals surface area contributed by atoms with E-state index >= 15 is 0 Å². The third kappa shape index (κ3) is 6.52. The normalized spacial score (nSPS) is 13.6. The van der Waals surface area contributed by atoms with Gasteiger partial charge in [0.15, 0.2) is 0 Å². The maximum Gasteiger partial charge on any atom is 0.309 e. The largest absolute Gasteiger partial charge is 0.461 e. The Labute approximate surface area is 167 Å². The lowest BCUT2D eigenvalue weighted by Crippen LogP contribution is -2.30. The molecule has 0 radical (unpaired) electrons. The minimum Gasteiger partial charge on any atom is -0.461 e. The van der Waals surface area contributed by atoms with E-state index in [2.05, 4.69) is 0 Å². The van der Waals surface area contributed by atoms with Crippen molar-refractivity contribution in [2.45, 2.75) is 58.7 Å². The predicted octanol–water partition coefficient (Wildman–Crippen LogP) is 5.12. The van der Waals surface area contributed by atoms with Crippen LogP contribution in [0, 0.1) is 5.92 Å². The molecule has 2 aromatic carbocycles. The average molecular weight is 382 g/mol. The molecule has 0 aliphatic carbocycles. The van der Waals surface area contributed by atoms with Gasteiger partial charge in [-0.1, -0.05) is 67.6 Å². The summed E-state index contributed by atoms with van der Waals surface area (Å²) in [5.74, 6) is -1.44. The molecular weight excluding hydrogens is 352 g/mol. The average Bonchev–Trinajstić information content (AvgIpc) is 2.62. The number of hydrogen-bond acceptors (Lipinski definition) is 4. The first-order valence-electron chi connectivity index (χ1n) is 9.69. The molecule has 28 heavy (non-hydrogen) atoms. The smallest absolute Gasteiger partial charge is 0.309 e. The van der Waals surface area contributed by atoms with Gasteiger partial charge in [-0.25, -0.2) is 0 Å². The van der Waals surface area contributed by atoms with Gasteiger partial charge in [0, 0.05) is 5.92 Å². The van der Waals surface area contributed by atoms with Gasteiger partial charge in [-0.2, -0.15) is 0 Å². The van der Waals surface area contributed by atoms with E-state index in [0.717, 1.165) is 11.1 Å². The lowest BCUT2D eigenvalue weighted by Gasteiger charge is -2.26. The van der Waals surface area contributed by atoms with Crippen LogP contribution in [0.1, 0.15) is 58.1 Å². The summed E-state index contributed by atoms with van der Waals surface area (Å²) in [5.41, 5.74) is 1.59. The quantitative estimate of drug-likeness (QED) is 0.624. The first-order chi connectivity index (χ1) is 13.2. The van der Waals surface area contributed by atoms with Crippen molar-refractivity contribution >= 4 is 11.9 Å². The van der Waals surface area contributed by atoms with E-state index in [4.69, 9.17) is 9.47 Å². The number of ether oxygens (including phenoxy) is 2. The van der Waals surface area contributed by atoms with Crippen molar-refractivity contribution in [3.63, 3.8) is 0 Å². The van der Waals surface area contributed by atoms with Crippen molar-refractivity contribution in [3.05, 3.63) is 71.8 Å². The highest BCUT2D eigenvalue weighted by Crippen LogP contribution is 2.30. The van der Waals surface area contributed by atoms with Crippen molar-refractivity contribution in [1.29, 1.82) is 0 Å². The molecule has 0 unspecified atom stereocenters. The molecule has 2 atom stereocenters. The van der Waals surface area contributed by atoms with Crippen molar-refractivity contribution in [1.82, 2.24) is 0 Å². The zero-order valence-electron chi connectivity index (χ0n) is 17.3. The van der Waals surface area contributed by atoms with Gasteiger partial charge in [-0.05, 0) is 38.8 Å². The summed E-state index contributed by atoms with van der Waals surface area (Å²) in [6, 6.07) is 20.0. The number of benzene rings is 2. The Morgan fingerprint density at radius 1 is 0.857 bits per heavy atom. The fourth-order valence-electron chi connectivity index (χ4n) is 3.14. The third-order valence-electron chi connectivity index (χ3n) is 4.38. The van der Waals surface area contributed by atoms with Crippen LogP contribution in [0.3, 0.4) is 0 Å². The Hall–Kier alpha value is -2.62. The highest BCUT2D eigenvalue weighted by atomic mass is 16.6. The topological polar surface area (TPSA) is 52.6 Å². The molecule has 4 heteroatoms. The standard InChI is InChI=1S/C24H30O4/c1-17(16-21(25)28-24(3,4)5)23(26)27-18(2)22(19-12-8-6-9-13-19)20-14-10-7-11-15-20/h6-15,17-18,22H,16H2,1-5H3/t17-,18+/m1/s1. The van der Waals surface area contributed by atoms with Gasteiger partial charge in [0.25, 0.3) is 0 Å². The fraction of sp³-hybridized carbons (Fsp3) is 0.417. The van der Waals surface area contributed by atoms with Crippen LogP contribution in [0.25, 0.3) is 0 Å². The second kappa shape index (κ2) is 9.54. The summed E-state index contributed by atoms with van der Waals surface area (Å²) in [4.78, 5) is 24.6. The molecule has 150 valence electrons. The van der Waals surface area contributed by atoms with Crippen LogP contribution in [0.5, 0.6) is 0 Å². The second-order valence-electron chi connectivity index (χ2n) is 8.13. The molecule has 2 aromatic rings. The van der Waals surface area contributed by atoms with Crippen LogP contribution in [0.4, 0.5) is 0 Å². The number of rotatable bonds is 7. The van der Waals surface area contributed by atoms with E-state index in [9.17, 15) is 9.59 Å².